The van der Waals surface area contributed by atoms with Gasteiger partial charge in [-0.15, -0.1) is 0 Å². The minimum absolute atomic E-state index is 0.0513. The molecule has 0 radical (unpaired) electrons. The van der Waals surface area contributed by atoms with Crippen molar-refractivity contribution in [2.75, 3.05) is 13.6 Å². The van der Waals surface area contributed by atoms with Gasteiger partial charge in [0.15, 0.2) is 0 Å². The Bertz CT molecular complexity index is 1100. The van der Waals surface area contributed by atoms with Gasteiger partial charge >= 0.3 is 0 Å². The fraction of sp³-hybridized carbons (Fsp3) is 0.348. The molecule has 29 heavy (non-hydrogen) atoms. The molecule has 3 aromatic rings. The first-order valence-corrected chi connectivity index (χ1v) is 10.2. The van der Waals surface area contributed by atoms with E-state index in [0.29, 0.717) is 17.0 Å². The van der Waals surface area contributed by atoms with E-state index >= 15 is 0 Å². The van der Waals surface area contributed by atoms with E-state index in [1.165, 1.54) is 11.1 Å². The average Bonchev–Trinajstić information content (AvgIpc) is 3.25. The maximum absolute atomic E-state index is 13.4. The van der Waals surface area contributed by atoms with Crippen LogP contribution in [0.1, 0.15) is 57.0 Å². The smallest absolute Gasteiger partial charge is 0.254 e. The van der Waals surface area contributed by atoms with Crippen LogP contribution in [0.5, 0.6) is 0 Å². The summed E-state index contributed by atoms with van der Waals surface area (Å²) < 4.78 is 0. The summed E-state index contributed by atoms with van der Waals surface area (Å²) in [6, 6.07) is 11.9. The topological polar surface area (TPSA) is 78.1 Å². The van der Waals surface area contributed by atoms with Crippen LogP contribution in [0.2, 0.25) is 0 Å². The summed E-state index contributed by atoms with van der Waals surface area (Å²) in [6.45, 7) is 0.798. The molecule has 1 saturated heterocycles. The van der Waals surface area contributed by atoms with Crippen LogP contribution in [0.4, 0.5) is 0 Å². The van der Waals surface area contributed by atoms with Crippen molar-refractivity contribution >= 4 is 22.8 Å². The van der Waals surface area contributed by atoms with Crippen LogP contribution < -0.4 is 5.32 Å². The molecule has 2 aromatic carbocycles. The molecule has 2 atom stereocenters. The van der Waals surface area contributed by atoms with E-state index in [4.69, 9.17) is 0 Å². The van der Waals surface area contributed by atoms with Crippen LogP contribution in [-0.2, 0) is 6.42 Å². The standard InChI is InChI=1S/C23H24N4O2/c1-24-22(28)15-4-7-17-14(11-15)6-9-21-18(17)3-2-10-27(21)23(29)16-5-8-19-20(12-16)26-13-25-19/h4-5,7-8,11-13,18,21H,2-3,6,9-10H2,1H3,(H,24,28)(H,25,26)/t18-,21+/m1/s1. The van der Waals surface area contributed by atoms with Gasteiger partial charge in [-0.25, -0.2) is 4.98 Å². The van der Waals surface area contributed by atoms with E-state index in [9.17, 15) is 9.59 Å². The number of carbonyl (C=O) groups is 2. The van der Waals surface area contributed by atoms with Gasteiger partial charge < -0.3 is 15.2 Å². The molecule has 2 N–H and O–H groups in total. The number of amides is 2. The van der Waals surface area contributed by atoms with Crippen LogP contribution in [0.25, 0.3) is 11.0 Å². The molecule has 0 spiro atoms. The van der Waals surface area contributed by atoms with Crippen molar-refractivity contribution in [2.45, 2.75) is 37.6 Å². The van der Waals surface area contributed by atoms with E-state index in [1.807, 2.05) is 30.3 Å². The van der Waals surface area contributed by atoms with E-state index in [0.717, 1.165) is 43.3 Å². The van der Waals surface area contributed by atoms with Crippen LogP contribution in [0, 0.1) is 0 Å². The zero-order valence-corrected chi connectivity index (χ0v) is 16.4. The Morgan fingerprint density at radius 3 is 2.86 bits per heavy atom. The minimum Gasteiger partial charge on any atom is -0.355 e. The number of rotatable bonds is 2. The SMILES string of the molecule is CNC(=O)c1ccc2c(c1)CC[C@H]1[C@@H]2CCCN1C(=O)c1ccc2nc[nH]c2c1. The molecule has 6 heteroatoms. The second-order valence-corrected chi connectivity index (χ2v) is 7.98. The third-order valence-electron chi connectivity index (χ3n) is 6.45. The van der Waals surface area contributed by atoms with Gasteiger partial charge in [-0.1, -0.05) is 6.07 Å². The highest BCUT2D eigenvalue weighted by Crippen LogP contribution is 2.41. The number of imidazole rings is 1. The molecule has 1 fully saturated rings. The largest absolute Gasteiger partial charge is 0.355 e. The quantitative estimate of drug-likeness (QED) is 0.707. The van der Waals surface area contributed by atoms with Gasteiger partial charge in [-0.2, -0.15) is 0 Å². The maximum atomic E-state index is 13.4. The maximum Gasteiger partial charge on any atom is 0.254 e. The minimum atomic E-state index is -0.0513. The first kappa shape index (κ1) is 17.9. The second-order valence-electron chi connectivity index (χ2n) is 7.98. The number of aromatic amines is 1. The molecule has 1 aromatic heterocycles. The third kappa shape index (κ3) is 2.99. The number of hydrogen-bond donors (Lipinski definition) is 2. The Hall–Kier alpha value is -3.15. The lowest BCUT2D eigenvalue weighted by atomic mass is 9.73. The number of hydrogen-bond acceptors (Lipinski definition) is 3. The van der Waals surface area contributed by atoms with Crippen LogP contribution in [0.15, 0.2) is 42.7 Å². The Balaban J connectivity index is 1.44. The fourth-order valence-corrected chi connectivity index (χ4v) is 5.04. The predicted octanol–water partition coefficient (Wildman–Crippen LogP) is 3.26. The zero-order chi connectivity index (χ0) is 20.0. The molecule has 1 aliphatic carbocycles. The van der Waals surface area contributed by atoms with Crippen LogP contribution in [-0.4, -0.2) is 46.3 Å². The van der Waals surface area contributed by atoms with Crippen molar-refractivity contribution in [1.82, 2.24) is 20.2 Å². The lowest BCUT2D eigenvalue weighted by Crippen LogP contribution is -2.49. The first-order chi connectivity index (χ1) is 14.2. The molecule has 2 amide bonds. The average molecular weight is 388 g/mol. The Kier molecular flexibility index (Phi) is 4.34. The molecule has 2 aliphatic rings. The number of likely N-dealkylation sites (tertiary alicyclic amines) is 1. The molecule has 0 saturated carbocycles. The van der Waals surface area contributed by atoms with Crippen molar-refractivity contribution in [3.8, 4) is 0 Å². The number of benzene rings is 2. The highest BCUT2D eigenvalue weighted by atomic mass is 16.2. The van der Waals surface area contributed by atoms with Gasteiger partial charge in [-0.3, -0.25) is 9.59 Å². The summed E-state index contributed by atoms with van der Waals surface area (Å²) in [5.74, 6) is 0.386. The number of aryl methyl sites for hydroxylation is 1. The van der Waals surface area contributed by atoms with Gasteiger partial charge in [0, 0.05) is 36.7 Å². The molecule has 5 rings (SSSR count). The number of nitrogens with one attached hydrogen (secondary N) is 2. The van der Waals surface area contributed by atoms with E-state index < -0.39 is 0 Å². The predicted molar refractivity (Wildman–Crippen MR) is 111 cm³/mol. The third-order valence-corrected chi connectivity index (χ3v) is 6.45. The van der Waals surface area contributed by atoms with E-state index in [1.54, 1.807) is 13.4 Å². The zero-order valence-electron chi connectivity index (χ0n) is 16.4. The lowest BCUT2D eigenvalue weighted by Gasteiger charge is -2.45. The van der Waals surface area contributed by atoms with Gasteiger partial charge in [0.1, 0.15) is 0 Å². The van der Waals surface area contributed by atoms with E-state index in [-0.39, 0.29) is 17.9 Å². The molecule has 6 nitrogen and oxygen atoms in total. The molecule has 2 heterocycles. The van der Waals surface area contributed by atoms with Crippen molar-refractivity contribution in [2.24, 2.45) is 0 Å². The molecule has 0 unspecified atom stereocenters. The molecule has 1 aliphatic heterocycles. The van der Waals surface area contributed by atoms with Crippen molar-refractivity contribution in [1.29, 1.82) is 0 Å². The number of piperidine rings is 1. The van der Waals surface area contributed by atoms with E-state index in [2.05, 4.69) is 26.3 Å². The van der Waals surface area contributed by atoms with Gasteiger partial charge in [-0.05, 0) is 67.1 Å². The fourth-order valence-electron chi connectivity index (χ4n) is 5.04. The number of fused-ring (bicyclic) bond motifs is 4. The summed E-state index contributed by atoms with van der Waals surface area (Å²) in [5, 5.41) is 2.70. The Morgan fingerprint density at radius 2 is 2.00 bits per heavy atom. The van der Waals surface area contributed by atoms with Gasteiger partial charge in [0.05, 0.1) is 17.4 Å². The summed E-state index contributed by atoms with van der Waals surface area (Å²) in [4.78, 5) is 34.7. The molecule has 148 valence electrons. The number of carbonyl (C=O) groups excluding carboxylic acids is 2. The van der Waals surface area contributed by atoms with Crippen LogP contribution in [0.3, 0.4) is 0 Å². The Morgan fingerprint density at radius 1 is 1.14 bits per heavy atom. The molecular formula is C23H24N4O2. The van der Waals surface area contributed by atoms with Crippen molar-refractivity contribution < 1.29 is 9.59 Å². The van der Waals surface area contributed by atoms with Gasteiger partial charge in [0.2, 0.25) is 0 Å². The number of H-pyrrole nitrogens is 1. The van der Waals surface area contributed by atoms with Crippen molar-refractivity contribution in [3.63, 3.8) is 0 Å². The lowest BCUT2D eigenvalue weighted by molar-refractivity contribution is 0.0547. The highest BCUT2D eigenvalue weighted by molar-refractivity contribution is 5.97. The van der Waals surface area contributed by atoms with Gasteiger partial charge in [0.25, 0.3) is 11.8 Å². The number of nitrogens with zero attached hydrogens (tertiary/aromatic N) is 2. The highest BCUT2D eigenvalue weighted by Gasteiger charge is 2.38. The normalized spacial score (nSPS) is 20.8. The molecular weight excluding hydrogens is 364 g/mol. The summed E-state index contributed by atoms with van der Waals surface area (Å²) in [5.41, 5.74) is 5.73. The summed E-state index contributed by atoms with van der Waals surface area (Å²) >= 11 is 0. The Labute approximate surface area is 169 Å². The monoisotopic (exact) mass is 388 g/mol. The summed E-state index contributed by atoms with van der Waals surface area (Å²) in [6.07, 6.45) is 5.56. The van der Waals surface area contributed by atoms with Crippen molar-refractivity contribution in [3.05, 3.63) is 65.0 Å². The molecule has 0 bridgehead atoms. The second kappa shape index (κ2) is 7.03. The summed E-state index contributed by atoms with van der Waals surface area (Å²) in [7, 11) is 1.66. The first-order valence-electron chi connectivity index (χ1n) is 10.2. The number of aromatic nitrogens is 2. The van der Waals surface area contributed by atoms with Crippen LogP contribution >= 0.6 is 0 Å².